The van der Waals surface area contributed by atoms with Crippen molar-refractivity contribution in [2.75, 3.05) is 7.05 Å². The lowest BCUT2D eigenvalue weighted by atomic mass is 10.2. The largest absolute Gasteiger partial charge is 0.469 e. The number of nitrogens with zero attached hydrogens (tertiary/aromatic N) is 1. The molecular formula is C14H20N2OS. The molecule has 0 saturated carbocycles. The van der Waals surface area contributed by atoms with Gasteiger partial charge in [-0.3, -0.25) is 4.90 Å². The molecule has 0 saturated heterocycles. The van der Waals surface area contributed by atoms with Gasteiger partial charge in [-0.2, -0.15) is 0 Å². The molecule has 0 unspecified atom stereocenters. The predicted molar refractivity (Wildman–Crippen MR) is 75.6 cm³/mol. The molecule has 0 aliphatic heterocycles. The molecule has 0 spiro atoms. The minimum absolute atomic E-state index is 0.635. The third-order valence-corrected chi connectivity index (χ3v) is 4.23. The van der Waals surface area contributed by atoms with Crippen molar-refractivity contribution in [3.63, 3.8) is 0 Å². The van der Waals surface area contributed by atoms with E-state index in [0.29, 0.717) is 6.54 Å². The quantitative estimate of drug-likeness (QED) is 0.902. The van der Waals surface area contributed by atoms with Crippen molar-refractivity contribution in [1.82, 2.24) is 4.90 Å². The molecule has 0 aliphatic carbocycles. The molecule has 0 atom stereocenters. The smallest absolute Gasteiger partial charge is 0.105 e. The van der Waals surface area contributed by atoms with Crippen LogP contribution in [0.5, 0.6) is 0 Å². The number of rotatable bonds is 5. The van der Waals surface area contributed by atoms with Crippen LogP contribution >= 0.6 is 11.3 Å². The van der Waals surface area contributed by atoms with Crippen molar-refractivity contribution < 1.29 is 4.42 Å². The number of thiophene rings is 1. The van der Waals surface area contributed by atoms with Crippen LogP contribution in [0.1, 0.15) is 26.6 Å². The Morgan fingerprint density at radius 3 is 2.56 bits per heavy atom. The van der Waals surface area contributed by atoms with E-state index in [1.54, 1.807) is 17.6 Å². The normalized spacial score (nSPS) is 11.4. The van der Waals surface area contributed by atoms with Gasteiger partial charge in [0.25, 0.3) is 0 Å². The Balaban J connectivity index is 2.00. The summed E-state index contributed by atoms with van der Waals surface area (Å²) in [4.78, 5) is 4.93. The minimum atomic E-state index is 0.635. The first-order chi connectivity index (χ1) is 8.60. The fraction of sp³-hybridized carbons (Fsp3) is 0.429. The Labute approximate surface area is 112 Å². The van der Waals surface area contributed by atoms with Gasteiger partial charge in [0.2, 0.25) is 0 Å². The number of hydrogen-bond donors (Lipinski definition) is 1. The second-order valence-electron chi connectivity index (χ2n) is 4.67. The SMILES string of the molecule is Cc1occc1CN(C)Cc1cc(CN)sc1C. The van der Waals surface area contributed by atoms with E-state index >= 15 is 0 Å². The Kier molecular flexibility index (Phi) is 4.22. The summed E-state index contributed by atoms with van der Waals surface area (Å²) in [6, 6.07) is 4.26. The minimum Gasteiger partial charge on any atom is -0.469 e. The van der Waals surface area contributed by atoms with Gasteiger partial charge in [-0.15, -0.1) is 11.3 Å². The number of nitrogens with two attached hydrogens (primary N) is 1. The van der Waals surface area contributed by atoms with Crippen molar-refractivity contribution in [3.05, 3.63) is 45.0 Å². The lowest BCUT2D eigenvalue weighted by molar-refractivity contribution is 0.316. The first-order valence-electron chi connectivity index (χ1n) is 6.10. The summed E-state index contributed by atoms with van der Waals surface area (Å²) >= 11 is 1.80. The summed E-state index contributed by atoms with van der Waals surface area (Å²) < 4.78 is 5.32. The molecule has 0 fully saturated rings. The number of aryl methyl sites for hydroxylation is 2. The average molecular weight is 264 g/mol. The molecular weight excluding hydrogens is 244 g/mol. The summed E-state index contributed by atoms with van der Waals surface area (Å²) in [7, 11) is 2.13. The molecule has 2 heterocycles. The maximum absolute atomic E-state index is 5.68. The van der Waals surface area contributed by atoms with Gasteiger partial charge in [-0.05, 0) is 38.6 Å². The fourth-order valence-electron chi connectivity index (χ4n) is 2.06. The lowest BCUT2D eigenvalue weighted by Gasteiger charge is -2.16. The lowest BCUT2D eigenvalue weighted by Crippen LogP contribution is -2.17. The van der Waals surface area contributed by atoms with E-state index in [0.717, 1.165) is 18.8 Å². The Hall–Kier alpha value is -1.10. The maximum Gasteiger partial charge on any atom is 0.105 e. The number of hydrogen-bond acceptors (Lipinski definition) is 4. The summed E-state index contributed by atoms with van der Waals surface area (Å²) in [6.45, 7) is 6.67. The van der Waals surface area contributed by atoms with Gasteiger partial charge < -0.3 is 10.2 Å². The second-order valence-corrected chi connectivity index (χ2v) is 6.01. The maximum atomic E-state index is 5.68. The van der Waals surface area contributed by atoms with E-state index in [1.807, 2.05) is 13.0 Å². The molecule has 0 radical (unpaired) electrons. The van der Waals surface area contributed by atoms with Crippen LogP contribution in [0, 0.1) is 13.8 Å². The zero-order valence-corrected chi connectivity index (χ0v) is 12.0. The summed E-state index contributed by atoms with van der Waals surface area (Å²) in [5.41, 5.74) is 8.31. The highest BCUT2D eigenvalue weighted by Crippen LogP contribution is 2.23. The van der Waals surface area contributed by atoms with Crippen LogP contribution in [0.3, 0.4) is 0 Å². The van der Waals surface area contributed by atoms with Gasteiger partial charge in [-0.25, -0.2) is 0 Å². The van der Waals surface area contributed by atoms with Gasteiger partial charge in [0.05, 0.1) is 6.26 Å². The zero-order chi connectivity index (χ0) is 13.1. The van der Waals surface area contributed by atoms with Gasteiger partial charge in [0, 0.05) is 35.0 Å². The topological polar surface area (TPSA) is 42.4 Å². The Bertz CT molecular complexity index is 516. The van der Waals surface area contributed by atoms with E-state index < -0.39 is 0 Å². The van der Waals surface area contributed by atoms with E-state index in [1.165, 1.54) is 20.9 Å². The van der Waals surface area contributed by atoms with Crippen LogP contribution in [-0.2, 0) is 19.6 Å². The van der Waals surface area contributed by atoms with Crippen molar-refractivity contribution in [2.45, 2.75) is 33.5 Å². The monoisotopic (exact) mass is 264 g/mol. The first kappa shape index (κ1) is 13.3. The third kappa shape index (κ3) is 3.02. The van der Waals surface area contributed by atoms with Crippen LogP contribution in [0.25, 0.3) is 0 Å². The van der Waals surface area contributed by atoms with Crippen LogP contribution in [0.15, 0.2) is 22.8 Å². The second kappa shape index (κ2) is 5.69. The van der Waals surface area contributed by atoms with Crippen molar-refractivity contribution in [3.8, 4) is 0 Å². The molecule has 2 aromatic rings. The summed E-state index contributed by atoms with van der Waals surface area (Å²) in [5, 5.41) is 0. The van der Waals surface area contributed by atoms with Gasteiger partial charge in [0.15, 0.2) is 0 Å². The molecule has 0 amide bonds. The van der Waals surface area contributed by atoms with E-state index in [4.69, 9.17) is 10.2 Å². The molecule has 2 aromatic heterocycles. The van der Waals surface area contributed by atoms with Crippen molar-refractivity contribution in [2.24, 2.45) is 5.73 Å². The average Bonchev–Trinajstić information content (AvgIpc) is 2.87. The molecule has 0 bridgehead atoms. The number of furan rings is 1. The summed E-state index contributed by atoms with van der Waals surface area (Å²) in [6.07, 6.45) is 1.75. The van der Waals surface area contributed by atoms with E-state index in [9.17, 15) is 0 Å². The van der Waals surface area contributed by atoms with Gasteiger partial charge >= 0.3 is 0 Å². The Morgan fingerprint density at radius 1 is 1.28 bits per heavy atom. The van der Waals surface area contributed by atoms with Crippen LogP contribution < -0.4 is 5.73 Å². The molecule has 0 aromatic carbocycles. The van der Waals surface area contributed by atoms with Gasteiger partial charge in [-0.1, -0.05) is 0 Å². The summed E-state index contributed by atoms with van der Waals surface area (Å²) in [5.74, 6) is 1.01. The Morgan fingerprint density at radius 2 is 2.00 bits per heavy atom. The first-order valence-corrected chi connectivity index (χ1v) is 6.91. The molecule has 98 valence electrons. The predicted octanol–water partition coefficient (Wildman–Crippen LogP) is 3.05. The van der Waals surface area contributed by atoms with Crippen molar-refractivity contribution >= 4 is 11.3 Å². The van der Waals surface area contributed by atoms with Crippen LogP contribution in [0.4, 0.5) is 0 Å². The standard InChI is InChI=1S/C14H20N2OS/c1-10-12(4-5-17-10)8-16(3)9-13-6-14(7-15)18-11(13)2/h4-6H,7-9,15H2,1-3H3. The highest BCUT2D eigenvalue weighted by molar-refractivity contribution is 7.12. The fourth-order valence-corrected chi connectivity index (χ4v) is 2.99. The molecule has 18 heavy (non-hydrogen) atoms. The third-order valence-electron chi connectivity index (χ3n) is 3.12. The zero-order valence-electron chi connectivity index (χ0n) is 11.2. The highest BCUT2D eigenvalue weighted by atomic mass is 32.1. The molecule has 0 aliphatic rings. The van der Waals surface area contributed by atoms with E-state index in [-0.39, 0.29) is 0 Å². The van der Waals surface area contributed by atoms with Crippen molar-refractivity contribution in [1.29, 1.82) is 0 Å². The van der Waals surface area contributed by atoms with Crippen LogP contribution in [0.2, 0.25) is 0 Å². The molecule has 4 heteroatoms. The van der Waals surface area contributed by atoms with Crippen LogP contribution in [-0.4, -0.2) is 11.9 Å². The van der Waals surface area contributed by atoms with Gasteiger partial charge in [0.1, 0.15) is 5.76 Å². The highest BCUT2D eigenvalue weighted by Gasteiger charge is 2.09. The molecule has 2 rings (SSSR count). The molecule has 2 N–H and O–H groups in total. The molecule has 3 nitrogen and oxygen atoms in total. The van der Waals surface area contributed by atoms with E-state index in [2.05, 4.69) is 24.9 Å².